The van der Waals surface area contributed by atoms with Gasteiger partial charge in [-0.25, -0.2) is 4.39 Å². The van der Waals surface area contributed by atoms with E-state index in [1.165, 1.54) is 24.5 Å². The van der Waals surface area contributed by atoms with Gasteiger partial charge in [0, 0.05) is 31.7 Å². The third-order valence-corrected chi connectivity index (χ3v) is 4.60. The van der Waals surface area contributed by atoms with Crippen LogP contribution in [0.3, 0.4) is 0 Å². The lowest BCUT2D eigenvalue weighted by atomic mass is 10.2. The van der Waals surface area contributed by atoms with E-state index in [-0.39, 0.29) is 17.3 Å². The number of amides is 2. The molecular weight excluding hydrogens is 377 g/mol. The highest BCUT2D eigenvalue weighted by molar-refractivity contribution is 6.03. The molecule has 0 atom stereocenters. The van der Waals surface area contributed by atoms with Crippen molar-refractivity contribution in [3.63, 3.8) is 0 Å². The predicted octanol–water partition coefficient (Wildman–Crippen LogP) is 2.42. The number of furan rings is 1. The molecule has 0 bridgehead atoms. The Bertz CT molecular complexity index is 999. The minimum Gasteiger partial charge on any atom is -0.459 e. The van der Waals surface area contributed by atoms with Crippen molar-refractivity contribution < 1.29 is 18.4 Å². The fraction of sp³-hybridized carbons (Fsp3) is 0.200. The molecule has 1 fully saturated rings. The Labute approximate surface area is 165 Å². The van der Waals surface area contributed by atoms with Gasteiger partial charge in [0.1, 0.15) is 5.82 Å². The van der Waals surface area contributed by atoms with Gasteiger partial charge in [0.2, 0.25) is 0 Å². The van der Waals surface area contributed by atoms with Crippen molar-refractivity contribution in [2.75, 3.05) is 36.4 Å². The molecule has 8 nitrogen and oxygen atoms in total. The summed E-state index contributed by atoms with van der Waals surface area (Å²) < 4.78 is 18.4. The summed E-state index contributed by atoms with van der Waals surface area (Å²) in [5.74, 6) is 0.182. The topological polar surface area (TPSA) is 91.6 Å². The van der Waals surface area contributed by atoms with E-state index in [0.717, 1.165) is 6.07 Å². The average Bonchev–Trinajstić information content (AvgIpc) is 3.29. The summed E-state index contributed by atoms with van der Waals surface area (Å²) >= 11 is 0. The summed E-state index contributed by atoms with van der Waals surface area (Å²) in [5.41, 5.74) is 0.202. The van der Waals surface area contributed by atoms with E-state index >= 15 is 0 Å². The second-order valence-electron chi connectivity index (χ2n) is 6.50. The monoisotopic (exact) mass is 395 g/mol. The van der Waals surface area contributed by atoms with Gasteiger partial charge in [0.15, 0.2) is 17.4 Å². The number of piperazine rings is 1. The Hall–Kier alpha value is -3.75. The first-order valence-electron chi connectivity index (χ1n) is 9.08. The van der Waals surface area contributed by atoms with Gasteiger partial charge in [-0.2, -0.15) is 0 Å². The van der Waals surface area contributed by atoms with Crippen LogP contribution in [0.25, 0.3) is 0 Å². The molecule has 29 heavy (non-hydrogen) atoms. The molecule has 1 N–H and O–H groups in total. The van der Waals surface area contributed by atoms with Crippen LogP contribution >= 0.6 is 0 Å². The molecule has 0 unspecified atom stereocenters. The number of carbonyl (C=O) groups is 2. The quantitative estimate of drug-likeness (QED) is 0.730. The van der Waals surface area contributed by atoms with Crippen molar-refractivity contribution in [2.45, 2.75) is 0 Å². The number of carbonyl (C=O) groups excluding carboxylic acids is 2. The van der Waals surface area contributed by atoms with E-state index in [1.54, 1.807) is 29.2 Å². The molecule has 1 saturated heterocycles. The van der Waals surface area contributed by atoms with E-state index in [0.29, 0.717) is 37.8 Å². The first-order valence-corrected chi connectivity index (χ1v) is 9.08. The van der Waals surface area contributed by atoms with Crippen LogP contribution < -0.4 is 10.2 Å². The SMILES string of the molecule is O=C(Nc1ccc(N2CCN(C(=O)c3ccco3)CC2)nn1)c1cccc(F)c1. The molecule has 3 heterocycles. The summed E-state index contributed by atoms with van der Waals surface area (Å²) in [4.78, 5) is 28.2. The molecule has 2 aromatic heterocycles. The zero-order chi connectivity index (χ0) is 20.2. The molecule has 1 aromatic carbocycles. The number of hydrogen-bond acceptors (Lipinski definition) is 6. The fourth-order valence-corrected chi connectivity index (χ4v) is 3.07. The molecule has 2 amide bonds. The molecule has 0 spiro atoms. The highest BCUT2D eigenvalue weighted by atomic mass is 19.1. The van der Waals surface area contributed by atoms with Crippen LogP contribution in [0.5, 0.6) is 0 Å². The molecule has 0 radical (unpaired) electrons. The normalized spacial score (nSPS) is 14.0. The molecule has 1 aliphatic heterocycles. The Morgan fingerprint density at radius 2 is 1.83 bits per heavy atom. The van der Waals surface area contributed by atoms with Crippen LogP contribution in [0.2, 0.25) is 0 Å². The van der Waals surface area contributed by atoms with Crippen molar-refractivity contribution in [3.05, 3.63) is 71.9 Å². The van der Waals surface area contributed by atoms with Crippen LogP contribution in [0.4, 0.5) is 16.0 Å². The second-order valence-corrected chi connectivity index (χ2v) is 6.50. The van der Waals surface area contributed by atoms with Crippen molar-refractivity contribution in [1.29, 1.82) is 0 Å². The third kappa shape index (κ3) is 4.23. The van der Waals surface area contributed by atoms with E-state index < -0.39 is 11.7 Å². The average molecular weight is 395 g/mol. The van der Waals surface area contributed by atoms with Gasteiger partial charge in [-0.05, 0) is 42.5 Å². The van der Waals surface area contributed by atoms with Crippen molar-refractivity contribution in [2.24, 2.45) is 0 Å². The first kappa shape index (κ1) is 18.6. The van der Waals surface area contributed by atoms with E-state index in [9.17, 15) is 14.0 Å². The maximum atomic E-state index is 13.2. The van der Waals surface area contributed by atoms with Crippen LogP contribution in [0, 0.1) is 5.82 Å². The summed E-state index contributed by atoms with van der Waals surface area (Å²) in [7, 11) is 0. The molecule has 3 aromatic rings. The number of aromatic nitrogens is 2. The van der Waals surface area contributed by atoms with Crippen LogP contribution in [0.15, 0.2) is 59.2 Å². The largest absolute Gasteiger partial charge is 0.459 e. The lowest BCUT2D eigenvalue weighted by Gasteiger charge is -2.34. The number of nitrogens with zero attached hydrogens (tertiary/aromatic N) is 4. The zero-order valence-corrected chi connectivity index (χ0v) is 15.4. The summed E-state index contributed by atoms with van der Waals surface area (Å²) in [6.45, 7) is 2.30. The minimum absolute atomic E-state index is 0.129. The number of hydrogen-bond donors (Lipinski definition) is 1. The molecule has 9 heteroatoms. The number of halogens is 1. The van der Waals surface area contributed by atoms with Crippen LogP contribution in [-0.2, 0) is 0 Å². The Morgan fingerprint density at radius 1 is 1.00 bits per heavy atom. The Kier molecular flexibility index (Phi) is 5.19. The van der Waals surface area contributed by atoms with Gasteiger partial charge in [-0.1, -0.05) is 6.07 Å². The maximum absolute atomic E-state index is 13.2. The fourth-order valence-electron chi connectivity index (χ4n) is 3.07. The lowest BCUT2D eigenvalue weighted by Crippen LogP contribution is -2.49. The van der Waals surface area contributed by atoms with Gasteiger partial charge in [-0.3, -0.25) is 9.59 Å². The lowest BCUT2D eigenvalue weighted by molar-refractivity contribution is 0.0714. The van der Waals surface area contributed by atoms with Crippen molar-refractivity contribution in [1.82, 2.24) is 15.1 Å². The highest BCUT2D eigenvalue weighted by Gasteiger charge is 2.24. The number of anilines is 2. The number of nitrogens with one attached hydrogen (secondary N) is 1. The number of benzene rings is 1. The van der Waals surface area contributed by atoms with Gasteiger partial charge < -0.3 is 19.5 Å². The van der Waals surface area contributed by atoms with Gasteiger partial charge >= 0.3 is 0 Å². The standard InChI is InChI=1S/C20H18FN5O3/c21-15-4-1-3-14(13-15)19(27)22-17-6-7-18(24-23-17)25-8-10-26(11-9-25)20(28)16-5-2-12-29-16/h1-7,12-13H,8-11H2,(H,22,23,27). The molecule has 0 aliphatic carbocycles. The van der Waals surface area contributed by atoms with E-state index in [4.69, 9.17) is 4.42 Å². The Balaban J connectivity index is 1.34. The van der Waals surface area contributed by atoms with Crippen molar-refractivity contribution >= 4 is 23.5 Å². The first-order chi connectivity index (χ1) is 14.1. The molecule has 148 valence electrons. The van der Waals surface area contributed by atoms with E-state index in [1.807, 2.05) is 4.90 Å². The molecule has 0 saturated carbocycles. The number of rotatable bonds is 4. The molecule has 1 aliphatic rings. The smallest absolute Gasteiger partial charge is 0.289 e. The van der Waals surface area contributed by atoms with Crippen LogP contribution in [-0.4, -0.2) is 53.1 Å². The summed E-state index contributed by atoms with van der Waals surface area (Å²) in [6.07, 6.45) is 1.48. The Morgan fingerprint density at radius 3 is 2.48 bits per heavy atom. The third-order valence-electron chi connectivity index (χ3n) is 4.60. The molecule has 4 rings (SSSR count). The maximum Gasteiger partial charge on any atom is 0.289 e. The van der Waals surface area contributed by atoms with Gasteiger partial charge in [0.25, 0.3) is 11.8 Å². The van der Waals surface area contributed by atoms with E-state index in [2.05, 4.69) is 15.5 Å². The van der Waals surface area contributed by atoms with Crippen molar-refractivity contribution in [3.8, 4) is 0 Å². The van der Waals surface area contributed by atoms with Gasteiger partial charge in [0.05, 0.1) is 6.26 Å². The van der Waals surface area contributed by atoms with Crippen LogP contribution in [0.1, 0.15) is 20.9 Å². The van der Waals surface area contributed by atoms with Gasteiger partial charge in [-0.15, -0.1) is 10.2 Å². The highest BCUT2D eigenvalue weighted by Crippen LogP contribution is 2.16. The minimum atomic E-state index is -0.483. The second kappa shape index (κ2) is 8.09. The summed E-state index contributed by atoms with van der Waals surface area (Å²) in [5, 5.41) is 10.8. The predicted molar refractivity (Wildman–Crippen MR) is 103 cm³/mol. The zero-order valence-electron chi connectivity index (χ0n) is 15.4. The molecular formula is C20H18FN5O3. The summed E-state index contributed by atoms with van der Waals surface area (Å²) in [6, 6.07) is 12.1.